The number of ether oxygens (including phenoxy) is 1. The number of methoxy groups -OCH3 is 1. The molecule has 0 aliphatic heterocycles. The fourth-order valence-corrected chi connectivity index (χ4v) is 1.70. The topological polar surface area (TPSA) is 64.3 Å². The van der Waals surface area contributed by atoms with Crippen LogP contribution in [0.25, 0.3) is 0 Å². The third-order valence-electron chi connectivity index (χ3n) is 2.79. The summed E-state index contributed by atoms with van der Waals surface area (Å²) in [7, 11) is 1.59. The van der Waals surface area contributed by atoms with Crippen molar-refractivity contribution in [1.29, 1.82) is 0 Å². The Morgan fingerprint density at radius 1 is 1.33 bits per heavy atom. The minimum atomic E-state index is 0.00561. The number of carbonyl (C=O) groups is 1. The molecule has 4 heteroatoms. The molecule has 0 atom stereocenters. The van der Waals surface area contributed by atoms with Crippen LogP contribution in [0.4, 0.5) is 11.4 Å². The van der Waals surface area contributed by atoms with Crippen molar-refractivity contribution in [2.45, 2.75) is 39.0 Å². The van der Waals surface area contributed by atoms with Crippen LogP contribution in [0.3, 0.4) is 0 Å². The molecule has 3 N–H and O–H groups in total. The Balaban J connectivity index is 2.48. The van der Waals surface area contributed by atoms with Gasteiger partial charge in [-0.1, -0.05) is 26.2 Å². The quantitative estimate of drug-likeness (QED) is 0.577. The third-order valence-corrected chi connectivity index (χ3v) is 2.79. The molecule has 0 aliphatic rings. The number of hydrogen-bond donors (Lipinski definition) is 2. The van der Waals surface area contributed by atoms with Crippen LogP contribution in [0.2, 0.25) is 0 Å². The zero-order valence-corrected chi connectivity index (χ0v) is 11.2. The molecular formula is C14H22N2O2. The second kappa shape index (κ2) is 7.58. The maximum Gasteiger partial charge on any atom is 0.224 e. The van der Waals surface area contributed by atoms with Crippen molar-refractivity contribution >= 4 is 17.3 Å². The van der Waals surface area contributed by atoms with Crippen molar-refractivity contribution in [2.24, 2.45) is 0 Å². The first kappa shape index (κ1) is 14.4. The molecule has 18 heavy (non-hydrogen) atoms. The Labute approximate surface area is 109 Å². The maximum atomic E-state index is 11.7. The molecular weight excluding hydrogens is 228 g/mol. The molecule has 1 amide bonds. The minimum Gasteiger partial charge on any atom is -0.497 e. The molecule has 0 fully saturated rings. The van der Waals surface area contributed by atoms with Gasteiger partial charge in [-0.25, -0.2) is 0 Å². The van der Waals surface area contributed by atoms with Crippen LogP contribution in [-0.2, 0) is 4.79 Å². The fourth-order valence-electron chi connectivity index (χ4n) is 1.70. The van der Waals surface area contributed by atoms with Crippen LogP contribution >= 0.6 is 0 Å². The Kier molecular flexibility index (Phi) is 6.05. The highest BCUT2D eigenvalue weighted by molar-refractivity contribution is 5.94. The molecule has 0 radical (unpaired) electrons. The van der Waals surface area contributed by atoms with Gasteiger partial charge in [-0.3, -0.25) is 4.79 Å². The standard InChI is InChI=1S/C14H22N2O2/c1-3-4-5-6-7-14(17)16-13-10-11(18-2)8-9-12(13)15/h8-10H,3-7,15H2,1-2H3,(H,16,17). The fraction of sp³-hybridized carbons (Fsp3) is 0.500. The van der Waals surface area contributed by atoms with Crippen molar-refractivity contribution in [3.63, 3.8) is 0 Å². The molecule has 1 rings (SSSR count). The SMILES string of the molecule is CCCCCCC(=O)Nc1cc(OC)ccc1N. The summed E-state index contributed by atoms with van der Waals surface area (Å²) in [5.41, 5.74) is 6.97. The number of nitrogen functional groups attached to an aromatic ring is 1. The molecule has 0 bridgehead atoms. The first-order valence-corrected chi connectivity index (χ1v) is 6.40. The third kappa shape index (κ3) is 4.65. The van der Waals surface area contributed by atoms with Gasteiger partial charge in [0, 0.05) is 12.5 Å². The number of amides is 1. The smallest absolute Gasteiger partial charge is 0.224 e. The van der Waals surface area contributed by atoms with E-state index in [4.69, 9.17) is 10.5 Å². The van der Waals surface area contributed by atoms with E-state index in [9.17, 15) is 4.79 Å². The zero-order valence-electron chi connectivity index (χ0n) is 11.2. The first-order valence-electron chi connectivity index (χ1n) is 6.40. The minimum absolute atomic E-state index is 0.00561. The monoisotopic (exact) mass is 250 g/mol. The highest BCUT2D eigenvalue weighted by atomic mass is 16.5. The van der Waals surface area contributed by atoms with Gasteiger partial charge in [-0.15, -0.1) is 0 Å². The second-order valence-corrected chi connectivity index (χ2v) is 4.31. The molecule has 100 valence electrons. The number of anilines is 2. The molecule has 1 aromatic carbocycles. The largest absolute Gasteiger partial charge is 0.497 e. The lowest BCUT2D eigenvalue weighted by Gasteiger charge is -2.09. The van der Waals surface area contributed by atoms with E-state index in [1.54, 1.807) is 25.3 Å². The number of carbonyl (C=O) groups excluding carboxylic acids is 1. The summed E-state index contributed by atoms with van der Waals surface area (Å²) < 4.78 is 5.10. The zero-order chi connectivity index (χ0) is 13.4. The number of nitrogens with two attached hydrogens (primary N) is 1. The molecule has 0 heterocycles. The molecule has 0 saturated carbocycles. The van der Waals surface area contributed by atoms with Crippen LogP contribution in [0.1, 0.15) is 39.0 Å². The predicted molar refractivity (Wildman–Crippen MR) is 74.8 cm³/mol. The van der Waals surface area contributed by atoms with Gasteiger partial charge >= 0.3 is 0 Å². The molecule has 0 aliphatic carbocycles. The number of benzene rings is 1. The van der Waals surface area contributed by atoms with E-state index in [0.717, 1.165) is 12.8 Å². The second-order valence-electron chi connectivity index (χ2n) is 4.31. The summed E-state index contributed by atoms with van der Waals surface area (Å²) in [5.74, 6) is 0.691. The lowest BCUT2D eigenvalue weighted by Crippen LogP contribution is -2.12. The average molecular weight is 250 g/mol. The van der Waals surface area contributed by atoms with Gasteiger partial charge in [-0.2, -0.15) is 0 Å². The van der Waals surface area contributed by atoms with Crippen LogP contribution in [0.15, 0.2) is 18.2 Å². The van der Waals surface area contributed by atoms with Crippen LogP contribution in [0.5, 0.6) is 5.75 Å². The van der Waals surface area contributed by atoms with Crippen LogP contribution in [0, 0.1) is 0 Å². The highest BCUT2D eigenvalue weighted by Gasteiger charge is 2.06. The average Bonchev–Trinajstić information content (AvgIpc) is 2.37. The van der Waals surface area contributed by atoms with Crippen LogP contribution in [-0.4, -0.2) is 13.0 Å². The molecule has 0 aromatic heterocycles. The molecule has 4 nitrogen and oxygen atoms in total. The summed E-state index contributed by atoms with van der Waals surface area (Å²) in [5, 5.41) is 2.82. The lowest BCUT2D eigenvalue weighted by atomic mass is 10.1. The Hall–Kier alpha value is -1.71. The van der Waals surface area contributed by atoms with Gasteiger partial charge < -0.3 is 15.8 Å². The van der Waals surface area contributed by atoms with Crippen molar-refractivity contribution in [3.05, 3.63) is 18.2 Å². The van der Waals surface area contributed by atoms with Gasteiger partial charge in [0.15, 0.2) is 0 Å². The highest BCUT2D eigenvalue weighted by Crippen LogP contribution is 2.24. The summed E-state index contributed by atoms with van der Waals surface area (Å²) >= 11 is 0. The van der Waals surface area contributed by atoms with Gasteiger partial charge in [0.2, 0.25) is 5.91 Å². The van der Waals surface area contributed by atoms with Crippen LogP contribution < -0.4 is 15.8 Å². The van der Waals surface area contributed by atoms with E-state index in [1.807, 2.05) is 0 Å². The number of nitrogens with one attached hydrogen (secondary N) is 1. The molecule has 0 unspecified atom stereocenters. The van der Waals surface area contributed by atoms with E-state index in [1.165, 1.54) is 12.8 Å². The molecule has 0 spiro atoms. The number of rotatable bonds is 7. The molecule has 0 saturated heterocycles. The predicted octanol–water partition coefficient (Wildman–Crippen LogP) is 3.19. The van der Waals surface area contributed by atoms with E-state index in [2.05, 4.69) is 12.2 Å². The number of hydrogen-bond acceptors (Lipinski definition) is 3. The normalized spacial score (nSPS) is 10.1. The first-order chi connectivity index (χ1) is 8.67. The number of unbranched alkanes of at least 4 members (excludes halogenated alkanes) is 3. The summed E-state index contributed by atoms with van der Waals surface area (Å²) in [6, 6.07) is 5.23. The van der Waals surface area contributed by atoms with Gasteiger partial charge in [0.1, 0.15) is 5.75 Å². The Bertz CT molecular complexity index is 391. The van der Waals surface area contributed by atoms with Crippen molar-refractivity contribution in [3.8, 4) is 5.75 Å². The van der Waals surface area contributed by atoms with Crippen molar-refractivity contribution < 1.29 is 9.53 Å². The summed E-state index contributed by atoms with van der Waals surface area (Å²) in [4.78, 5) is 11.7. The lowest BCUT2D eigenvalue weighted by molar-refractivity contribution is -0.116. The van der Waals surface area contributed by atoms with Gasteiger partial charge in [0.05, 0.1) is 18.5 Å². The summed E-state index contributed by atoms with van der Waals surface area (Å²) in [6.45, 7) is 2.15. The van der Waals surface area contributed by atoms with E-state index in [0.29, 0.717) is 23.5 Å². The van der Waals surface area contributed by atoms with E-state index in [-0.39, 0.29) is 5.91 Å². The molecule has 1 aromatic rings. The van der Waals surface area contributed by atoms with Crippen molar-refractivity contribution in [1.82, 2.24) is 0 Å². The van der Waals surface area contributed by atoms with E-state index >= 15 is 0 Å². The Morgan fingerprint density at radius 3 is 2.78 bits per heavy atom. The Morgan fingerprint density at radius 2 is 2.11 bits per heavy atom. The van der Waals surface area contributed by atoms with Gasteiger partial charge in [0.25, 0.3) is 0 Å². The van der Waals surface area contributed by atoms with Gasteiger partial charge in [-0.05, 0) is 18.6 Å². The van der Waals surface area contributed by atoms with E-state index < -0.39 is 0 Å². The van der Waals surface area contributed by atoms with Crippen molar-refractivity contribution in [2.75, 3.05) is 18.2 Å². The maximum absolute atomic E-state index is 11.7. The summed E-state index contributed by atoms with van der Waals surface area (Å²) in [6.07, 6.45) is 4.90.